The number of nitrogens with zero attached hydrogens (tertiary/aromatic N) is 4. The molecule has 5 N–H and O–H groups in total. The number of amides is 1. The molecule has 2 atom stereocenters. The maximum atomic E-state index is 13.8. The van der Waals surface area contributed by atoms with Gasteiger partial charge in [-0.05, 0) is 63.5 Å². The van der Waals surface area contributed by atoms with Crippen molar-refractivity contribution in [3.63, 3.8) is 0 Å². The number of halogens is 3. The quantitative estimate of drug-likeness (QED) is 0.326. The highest BCUT2D eigenvalue weighted by Gasteiger charge is 2.38. The molecule has 1 aromatic carbocycles. The second-order valence-corrected chi connectivity index (χ2v) is 11.2. The number of imidazole rings is 1. The average molecular weight is 550 g/mol. The van der Waals surface area contributed by atoms with Crippen molar-refractivity contribution in [1.82, 2.24) is 19.5 Å². The second-order valence-electron chi connectivity index (χ2n) is 10.4. The van der Waals surface area contributed by atoms with Crippen LogP contribution in [0.4, 0.5) is 22.0 Å². The van der Waals surface area contributed by atoms with Gasteiger partial charge in [0.25, 0.3) is 0 Å². The lowest BCUT2D eigenvalue weighted by Crippen LogP contribution is -2.38. The summed E-state index contributed by atoms with van der Waals surface area (Å²) in [6.45, 7) is 1.90. The summed E-state index contributed by atoms with van der Waals surface area (Å²) in [6.07, 6.45) is 7.26. The molecule has 37 heavy (non-hydrogen) atoms. The van der Waals surface area contributed by atoms with Crippen LogP contribution in [0, 0.1) is 11.2 Å². The lowest BCUT2D eigenvalue weighted by molar-refractivity contribution is -0.128. The van der Waals surface area contributed by atoms with Crippen LogP contribution in [0.2, 0.25) is 10.0 Å². The number of benzene rings is 1. The van der Waals surface area contributed by atoms with E-state index in [0.717, 1.165) is 19.3 Å². The van der Waals surface area contributed by atoms with E-state index in [1.807, 2.05) is 11.5 Å². The topological polar surface area (TPSA) is 131 Å². The SMILES string of the molecule is CC1(C(N)=O)CCC(n2c(Nc3c(Cl)cc(F)cc3Cl)nc3cnc(N[C@H]4CCC[C@H](O)C4)nc32)CC1. The van der Waals surface area contributed by atoms with Gasteiger partial charge in [-0.3, -0.25) is 9.36 Å². The van der Waals surface area contributed by atoms with Crippen molar-refractivity contribution in [3.8, 4) is 0 Å². The number of aliphatic hydroxyl groups is 1. The van der Waals surface area contributed by atoms with Crippen molar-refractivity contribution in [2.75, 3.05) is 10.6 Å². The molecule has 2 heterocycles. The summed E-state index contributed by atoms with van der Waals surface area (Å²) in [4.78, 5) is 26.0. The van der Waals surface area contributed by atoms with E-state index in [2.05, 4.69) is 15.6 Å². The molecule has 0 unspecified atom stereocenters. The number of primary amides is 1. The van der Waals surface area contributed by atoms with Gasteiger partial charge in [0.05, 0.1) is 28.0 Å². The first-order valence-electron chi connectivity index (χ1n) is 12.5. The molecule has 3 aromatic rings. The van der Waals surface area contributed by atoms with E-state index in [1.54, 1.807) is 6.20 Å². The van der Waals surface area contributed by atoms with Crippen LogP contribution in [-0.4, -0.2) is 42.7 Å². The number of carbonyl (C=O) groups excluding carboxylic acids is 1. The fourth-order valence-electron chi connectivity index (χ4n) is 5.39. The van der Waals surface area contributed by atoms with E-state index in [-0.39, 0.29) is 34.1 Å². The third kappa shape index (κ3) is 5.32. The maximum absolute atomic E-state index is 13.8. The summed E-state index contributed by atoms with van der Waals surface area (Å²) in [6, 6.07) is 2.42. The molecule has 9 nitrogen and oxygen atoms in total. The van der Waals surface area contributed by atoms with Gasteiger partial charge in [0.2, 0.25) is 17.8 Å². The number of hydrogen-bond donors (Lipinski definition) is 4. The van der Waals surface area contributed by atoms with Crippen molar-refractivity contribution in [2.45, 2.75) is 76.5 Å². The number of nitrogens with one attached hydrogen (secondary N) is 2. The Kier molecular flexibility index (Phi) is 7.17. The Morgan fingerprint density at radius 2 is 1.89 bits per heavy atom. The maximum Gasteiger partial charge on any atom is 0.224 e. The molecular weight excluding hydrogens is 520 g/mol. The Bertz CT molecular complexity index is 1300. The molecule has 2 aliphatic carbocycles. The van der Waals surface area contributed by atoms with Gasteiger partial charge in [-0.2, -0.15) is 4.98 Å². The number of aromatic nitrogens is 4. The summed E-state index contributed by atoms with van der Waals surface area (Å²) in [7, 11) is 0. The molecule has 2 saturated carbocycles. The van der Waals surface area contributed by atoms with Gasteiger partial charge in [-0.1, -0.05) is 30.1 Å². The predicted octanol–water partition coefficient (Wildman–Crippen LogP) is 5.34. The van der Waals surface area contributed by atoms with Crippen LogP contribution < -0.4 is 16.4 Å². The van der Waals surface area contributed by atoms with Crippen molar-refractivity contribution in [3.05, 3.63) is 34.2 Å². The zero-order valence-corrected chi connectivity index (χ0v) is 22.0. The summed E-state index contributed by atoms with van der Waals surface area (Å²) < 4.78 is 15.8. The van der Waals surface area contributed by atoms with Gasteiger partial charge >= 0.3 is 0 Å². The molecular formula is C25H30Cl2FN7O2. The highest BCUT2D eigenvalue weighted by molar-refractivity contribution is 6.39. The van der Waals surface area contributed by atoms with Crippen molar-refractivity contribution < 1.29 is 14.3 Å². The number of aliphatic hydroxyl groups excluding tert-OH is 1. The Morgan fingerprint density at radius 1 is 1.19 bits per heavy atom. The molecule has 0 bridgehead atoms. The van der Waals surface area contributed by atoms with E-state index in [0.29, 0.717) is 60.9 Å². The van der Waals surface area contributed by atoms with Gasteiger partial charge in [0, 0.05) is 17.5 Å². The van der Waals surface area contributed by atoms with E-state index >= 15 is 0 Å². The molecule has 2 aromatic heterocycles. The van der Waals surface area contributed by atoms with E-state index < -0.39 is 11.2 Å². The Hall–Kier alpha value is -2.69. The summed E-state index contributed by atoms with van der Waals surface area (Å²) >= 11 is 12.6. The minimum absolute atomic E-state index is 0.0304. The lowest BCUT2D eigenvalue weighted by atomic mass is 9.73. The normalized spacial score (nSPS) is 26.2. The highest BCUT2D eigenvalue weighted by atomic mass is 35.5. The van der Waals surface area contributed by atoms with Crippen LogP contribution in [0.15, 0.2) is 18.3 Å². The van der Waals surface area contributed by atoms with Gasteiger partial charge in [-0.15, -0.1) is 0 Å². The molecule has 2 fully saturated rings. The molecule has 0 spiro atoms. The van der Waals surface area contributed by atoms with Crippen LogP contribution in [0.3, 0.4) is 0 Å². The summed E-state index contributed by atoms with van der Waals surface area (Å²) in [5.74, 6) is 0.0576. The van der Waals surface area contributed by atoms with E-state index in [4.69, 9.17) is 38.9 Å². The Morgan fingerprint density at radius 3 is 2.54 bits per heavy atom. The fraction of sp³-hybridized carbons (Fsp3) is 0.520. The first kappa shape index (κ1) is 25.9. The predicted molar refractivity (Wildman–Crippen MR) is 142 cm³/mol. The Balaban J connectivity index is 1.52. The lowest BCUT2D eigenvalue weighted by Gasteiger charge is -2.35. The third-order valence-electron chi connectivity index (χ3n) is 7.67. The smallest absolute Gasteiger partial charge is 0.224 e. The average Bonchev–Trinajstić information content (AvgIpc) is 3.19. The summed E-state index contributed by atoms with van der Waals surface area (Å²) in [5.41, 5.74) is 6.62. The number of anilines is 3. The van der Waals surface area contributed by atoms with Gasteiger partial charge < -0.3 is 21.5 Å². The van der Waals surface area contributed by atoms with Gasteiger partial charge in [0.15, 0.2) is 5.65 Å². The van der Waals surface area contributed by atoms with E-state index in [9.17, 15) is 14.3 Å². The number of carbonyl (C=O) groups is 1. The first-order chi connectivity index (χ1) is 17.6. The van der Waals surface area contributed by atoms with Crippen molar-refractivity contribution in [2.24, 2.45) is 11.1 Å². The largest absolute Gasteiger partial charge is 0.393 e. The van der Waals surface area contributed by atoms with Crippen molar-refractivity contribution >= 4 is 57.9 Å². The molecule has 0 radical (unpaired) electrons. The number of hydrogen-bond acceptors (Lipinski definition) is 7. The molecule has 12 heteroatoms. The van der Waals surface area contributed by atoms with Crippen LogP contribution in [0.1, 0.15) is 64.3 Å². The van der Waals surface area contributed by atoms with Crippen LogP contribution in [-0.2, 0) is 4.79 Å². The minimum atomic E-state index is -0.562. The monoisotopic (exact) mass is 549 g/mol. The Labute approximate surface area is 224 Å². The minimum Gasteiger partial charge on any atom is -0.393 e. The van der Waals surface area contributed by atoms with Crippen molar-refractivity contribution in [1.29, 1.82) is 0 Å². The zero-order chi connectivity index (χ0) is 26.3. The van der Waals surface area contributed by atoms with Crippen LogP contribution in [0.5, 0.6) is 0 Å². The molecule has 1 amide bonds. The highest BCUT2D eigenvalue weighted by Crippen LogP contribution is 2.43. The summed E-state index contributed by atoms with van der Waals surface area (Å²) in [5, 5.41) is 16.8. The molecule has 198 valence electrons. The standard InChI is InChI=1S/C25H30Cl2FN7O2/c1-25(22(29)37)7-5-15(6-8-25)35-21-19(12-30-23(34-21)31-14-3-2-4-16(36)11-14)32-24(35)33-20-17(26)9-13(28)10-18(20)27/h9-10,12,14-16,36H,2-8,11H2,1H3,(H2,29,37)(H,32,33)(H,30,31,34)/t14-,15?,16-,25?/m0/s1. The number of nitrogens with two attached hydrogens (primary N) is 1. The van der Waals surface area contributed by atoms with Gasteiger partial charge in [0.1, 0.15) is 11.3 Å². The fourth-order valence-corrected chi connectivity index (χ4v) is 5.94. The molecule has 5 rings (SSSR count). The number of fused-ring (bicyclic) bond motifs is 1. The number of rotatable bonds is 6. The van der Waals surface area contributed by atoms with Crippen LogP contribution in [0.25, 0.3) is 11.2 Å². The van der Waals surface area contributed by atoms with Crippen LogP contribution >= 0.6 is 23.2 Å². The molecule has 0 saturated heterocycles. The third-order valence-corrected chi connectivity index (χ3v) is 8.27. The molecule has 2 aliphatic rings. The molecule has 0 aliphatic heterocycles. The van der Waals surface area contributed by atoms with E-state index in [1.165, 1.54) is 12.1 Å². The first-order valence-corrected chi connectivity index (χ1v) is 13.3. The second kappa shape index (κ2) is 10.2. The van der Waals surface area contributed by atoms with Gasteiger partial charge in [-0.25, -0.2) is 14.4 Å². The zero-order valence-electron chi connectivity index (χ0n) is 20.5.